The number of hydrogen-bond donors (Lipinski definition) is 2. The third-order valence-electron chi connectivity index (χ3n) is 3.35. The predicted octanol–water partition coefficient (Wildman–Crippen LogP) is 1.71. The van der Waals surface area contributed by atoms with Gasteiger partial charge in [0.05, 0.1) is 0 Å². The van der Waals surface area contributed by atoms with Crippen LogP contribution in [0.5, 0.6) is 0 Å². The monoisotopic (exact) mass is 311 g/mol. The van der Waals surface area contributed by atoms with Crippen LogP contribution in [0.25, 0.3) is 5.65 Å². The molecule has 3 rings (SSSR count). The molecule has 0 saturated carbocycles. The average Bonchev–Trinajstić information content (AvgIpc) is 2.89. The zero-order valence-corrected chi connectivity index (χ0v) is 12.5. The number of nitrogens with one attached hydrogen (secondary N) is 2. The maximum absolute atomic E-state index is 12.1. The van der Waals surface area contributed by atoms with Gasteiger partial charge >= 0.3 is 11.7 Å². The summed E-state index contributed by atoms with van der Waals surface area (Å²) in [6, 6.07) is 14.4. The number of rotatable bonds is 5. The zero-order valence-electron chi connectivity index (χ0n) is 12.5. The second-order valence-corrected chi connectivity index (χ2v) is 5.04. The second-order valence-electron chi connectivity index (χ2n) is 5.04. The van der Waals surface area contributed by atoms with Crippen LogP contribution in [0.4, 0.5) is 10.5 Å². The van der Waals surface area contributed by atoms with Crippen LogP contribution in [-0.4, -0.2) is 26.8 Å². The van der Waals surface area contributed by atoms with Crippen LogP contribution in [-0.2, 0) is 6.54 Å². The number of para-hydroxylation sites is 1. The average molecular weight is 311 g/mol. The van der Waals surface area contributed by atoms with Gasteiger partial charge in [0.1, 0.15) is 0 Å². The van der Waals surface area contributed by atoms with E-state index in [0.29, 0.717) is 25.2 Å². The highest BCUT2D eigenvalue weighted by atomic mass is 16.2. The van der Waals surface area contributed by atoms with Gasteiger partial charge in [-0.3, -0.25) is 4.40 Å². The third-order valence-corrected chi connectivity index (χ3v) is 3.35. The van der Waals surface area contributed by atoms with Gasteiger partial charge in [-0.05, 0) is 30.7 Å². The van der Waals surface area contributed by atoms with Gasteiger partial charge in [-0.2, -0.15) is 0 Å². The Morgan fingerprint density at radius 3 is 2.65 bits per heavy atom. The summed E-state index contributed by atoms with van der Waals surface area (Å²) in [6.45, 7) is 0.908. The highest BCUT2D eigenvalue weighted by Gasteiger charge is 2.05. The molecule has 7 nitrogen and oxygen atoms in total. The molecule has 3 aromatic rings. The number of carbonyl (C=O) groups excluding carboxylic acids is 1. The normalized spacial score (nSPS) is 10.6. The molecule has 0 radical (unpaired) electrons. The maximum Gasteiger partial charge on any atom is 0.350 e. The number of aryl methyl sites for hydroxylation is 1. The Balaban J connectivity index is 1.48. The maximum atomic E-state index is 12.1. The molecule has 0 aliphatic carbocycles. The Bertz CT molecular complexity index is 854. The molecule has 0 aliphatic heterocycles. The van der Waals surface area contributed by atoms with Crippen LogP contribution >= 0.6 is 0 Å². The van der Waals surface area contributed by atoms with E-state index in [1.165, 1.54) is 9.08 Å². The highest BCUT2D eigenvalue weighted by molar-refractivity contribution is 5.89. The summed E-state index contributed by atoms with van der Waals surface area (Å²) >= 11 is 0. The van der Waals surface area contributed by atoms with Gasteiger partial charge in [-0.25, -0.2) is 14.3 Å². The highest BCUT2D eigenvalue weighted by Crippen LogP contribution is 2.04. The van der Waals surface area contributed by atoms with Crippen LogP contribution in [0.15, 0.2) is 59.5 Å². The van der Waals surface area contributed by atoms with Gasteiger partial charge in [0, 0.05) is 25.0 Å². The van der Waals surface area contributed by atoms with E-state index in [4.69, 9.17) is 0 Å². The van der Waals surface area contributed by atoms with Crippen molar-refractivity contribution in [3.05, 3.63) is 65.2 Å². The van der Waals surface area contributed by atoms with Crippen LogP contribution in [0.3, 0.4) is 0 Å². The lowest BCUT2D eigenvalue weighted by Gasteiger charge is -2.07. The van der Waals surface area contributed by atoms with Crippen LogP contribution in [0.1, 0.15) is 6.42 Å². The quantitative estimate of drug-likeness (QED) is 0.704. The van der Waals surface area contributed by atoms with E-state index in [-0.39, 0.29) is 11.7 Å². The summed E-state index contributed by atoms with van der Waals surface area (Å²) in [5.74, 6) is 0. The largest absolute Gasteiger partial charge is 0.350 e. The van der Waals surface area contributed by atoms with Crippen molar-refractivity contribution in [2.75, 3.05) is 11.9 Å². The number of aromatic nitrogens is 3. The fourth-order valence-corrected chi connectivity index (χ4v) is 2.24. The molecule has 0 atom stereocenters. The Kier molecular flexibility index (Phi) is 4.37. The molecule has 2 aromatic heterocycles. The Morgan fingerprint density at radius 1 is 1.09 bits per heavy atom. The van der Waals surface area contributed by atoms with Crippen molar-refractivity contribution in [3.63, 3.8) is 0 Å². The second kappa shape index (κ2) is 6.78. The number of urea groups is 1. The van der Waals surface area contributed by atoms with Crippen LogP contribution in [0, 0.1) is 0 Å². The van der Waals surface area contributed by atoms with E-state index in [1.54, 1.807) is 18.3 Å². The molecular weight excluding hydrogens is 294 g/mol. The Labute approximate surface area is 132 Å². The van der Waals surface area contributed by atoms with Gasteiger partial charge in [-0.15, -0.1) is 5.10 Å². The zero-order chi connectivity index (χ0) is 16.1. The van der Waals surface area contributed by atoms with Gasteiger partial charge in [0.15, 0.2) is 5.65 Å². The number of anilines is 1. The Hall–Kier alpha value is -3.09. The van der Waals surface area contributed by atoms with Crippen molar-refractivity contribution < 1.29 is 4.79 Å². The molecular formula is C16H17N5O2. The lowest BCUT2D eigenvalue weighted by molar-refractivity contribution is 0.251. The topological polar surface area (TPSA) is 80.4 Å². The molecule has 0 bridgehead atoms. The van der Waals surface area contributed by atoms with Crippen molar-refractivity contribution in [1.82, 2.24) is 19.5 Å². The summed E-state index contributed by atoms with van der Waals surface area (Å²) < 4.78 is 2.90. The molecule has 0 fully saturated rings. The van der Waals surface area contributed by atoms with E-state index in [2.05, 4.69) is 15.7 Å². The van der Waals surface area contributed by atoms with E-state index < -0.39 is 0 Å². The van der Waals surface area contributed by atoms with E-state index in [0.717, 1.165) is 5.69 Å². The molecule has 0 saturated heterocycles. The first-order valence-electron chi connectivity index (χ1n) is 7.38. The molecule has 0 unspecified atom stereocenters. The lowest BCUT2D eigenvalue weighted by atomic mass is 10.3. The predicted molar refractivity (Wildman–Crippen MR) is 87.5 cm³/mol. The van der Waals surface area contributed by atoms with Crippen LogP contribution in [0.2, 0.25) is 0 Å². The molecule has 7 heteroatoms. The molecule has 2 amide bonds. The Morgan fingerprint density at radius 2 is 1.87 bits per heavy atom. The van der Waals surface area contributed by atoms with Crippen molar-refractivity contribution in [1.29, 1.82) is 0 Å². The first-order chi connectivity index (χ1) is 11.2. The van der Waals surface area contributed by atoms with Crippen molar-refractivity contribution in [2.45, 2.75) is 13.0 Å². The standard InChI is InChI=1S/C16H17N5O2/c22-15(18-13-7-2-1-3-8-13)17-10-6-12-21-16(23)20-11-5-4-9-14(20)19-21/h1-5,7-9,11H,6,10,12H2,(H2,17,18,22). The van der Waals surface area contributed by atoms with Crippen molar-refractivity contribution >= 4 is 17.4 Å². The van der Waals surface area contributed by atoms with Crippen LogP contribution < -0.4 is 16.3 Å². The number of fused-ring (bicyclic) bond motifs is 1. The molecule has 2 N–H and O–H groups in total. The molecule has 1 aromatic carbocycles. The van der Waals surface area contributed by atoms with Gasteiger partial charge in [0.25, 0.3) is 0 Å². The number of nitrogens with zero attached hydrogens (tertiary/aromatic N) is 3. The smallest absolute Gasteiger partial charge is 0.338 e. The fourth-order valence-electron chi connectivity index (χ4n) is 2.24. The summed E-state index contributed by atoms with van der Waals surface area (Å²) in [5.41, 5.74) is 1.18. The van der Waals surface area contributed by atoms with Crippen molar-refractivity contribution in [2.24, 2.45) is 0 Å². The van der Waals surface area contributed by atoms with E-state index in [1.807, 2.05) is 36.4 Å². The van der Waals surface area contributed by atoms with Gasteiger partial charge in [-0.1, -0.05) is 24.3 Å². The molecule has 2 heterocycles. The summed E-state index contributed by atoms with van der Waals surface area (Å²) in [7, 11) is 0. The summed E-state index contributed by atoms with van der Waals surface area (Å²) in [4.78, 5) is 23.8. The molecule has 0 spiro atoms. The number of carbonyl (C=O) groups is 1. The minimum absolute atomic E-state index is 0.172. The van der Waals surface area contributed by atoms with Crippen molar-refractivity contribution in [3.8, 4) is 0 Å². The van der Waals surface area contributed by atoms with Gasteiger partial charge in [0.2, 0.25) is 0 Å². The van der Waals surface area contributed by atoms with E-state index in [9.17, 15) is 9.59 Å². The minimum Gasteiger partial charge on any atom is -0.338 e. The molecule has 118 valence electrons. The number of pyridine rings is 1. The lowest BCUT2D eigenvalue weighted by Crippen LogP contribution is -2.31. The van der Waals surface area contributed by atoms with E-state index >= 15 is 0 Å². The number of amides is 2. The van der Waals surface area contributed by atoms with Gasteiger partial charge < -0.3 is 10.6 Å². The third kappa shape index (κ3) is 3.57. The number of benzene rings is 1. The molecule has 0 aliphatic rings. The SMILES string of the molecule is O=C(NCCCn1nc2ccccn2c1=O)Nc1ccccc1. The summed E-state index contributed by atoms with van der Waals surface area (Å²) in [6.07, 6.45) is 2.30. The first kappa shape index (κ1) is 14.8. The number of hydrogen-bond acceptors (Lipinski definition) is 3. The minimum atomic E-state index is -0.265. The molecule has 23 heavy (non-hydrogen) atoms. The fraction of sp³-hybridized carbons (Fsp3) is 0.188. The first-order valence-corrected chi connectivity index (χ1v) is 7.38. The summed E-state index contributed by atoms with van der Waals surface area (Å²) in [5, 5.41) is 9.73.